The van der Waals surface area contributed by atoms with Crippen molar-refractivity contribution in [2.75, 3.05) is 46.4 Å². The summed E-state index contributed by atoms with van der Waals surface area (Å²) in [6.45, 7) is 2.76. The fraction of sp³-hybridized carbons (Fsp3) is 0.500. The van der Waals surface area contributed by atoms with E-state index < -0.39 is 0 Å². The average molecular weight is 471 g/mol. The number of carbonyl (C=O) groups excluding carboxylic acids is 1. The number of rotatable bonds is 8. The Bertz CT molecular complexity index is 952. The van der Waals surface area contributed by atoms with Crippen LogP contribution in [-0.2, 0) is 21.5 Å². The zero-order chi connectivity index (χ0) is 23.4. The van der Waals surface area contributed by atoms with Crippen molar-refractivity contribution in [1.29, 1.82) is 0 Å². The predicted octanol–water partition coefficient (Wildman–Crippen LogP) is 3.79. The van der Waals surface area contributed by atoms with Crippen LogP contribution in [0.2, 0.25) is 0 Å². The summed E-state index contributed by atoms with van der Waals surface area (Å²) < 4.78 is 17.0. The van der Waals surface area contributed by atoms with Crippen LogP contribution in [0.3, 0.4) is 0 Å². The van der Waals surface area contributed by atoms with Gasteiger partial charge in [-0.15, -0.1) is 0 Å². The molecule has 1 aliphatic carbocycles. The minimum atomic E-state index is -0.111. The van der Waals surface area contributed by atoms with Crippen molar-refractivity contribution in [3.63, 3.8) is 0 Å². The van der Waals surface area contributed by atoms with Gasteiger partial charge in [-0.1, -0.05) is 24.3 Å². The summed E-state index contributed by atoms with van der Waals surface area (Å²) in [5.74, 6) is 2.14. The van der Waals surface area contributed by atoms with Crippen molar-refractivity contribution in [3.8, 4) is 11.5 Å². The van der Waals surface area contributed by atoms with Crippen LogP contribution >= 0.6 is 11.8 Å². The van der Waals surface area contributed by atoms with Crippen molar-refractivity contribution in [3.05, 3.63) is 59.2 Å². The zero-order valence-corrected chi connectivity index (χ0v) is 20.7. The van der Waals surface area contributed by atoms with Gasteiger partial charge in [0.05, 0.1) is 32.1 Å². The van der Waals surface area contributed by atoms with Gasteiger partial charge in [-0.2, -0.15) is 11.8 Å². The van der Waals surface area contributed by atoms with Gasteiger partial charge < -0.3 is 19.5 Å². The first-order valence-corrected chi connectivity index (χ1v) is 12.8. The van der Waals surface area contributed by atoms with Crippen molar-refractivity contribution in [2.45, 2.75) is 36.9 Å². The molecule has 0 unspecified atom stereocenters. The predicted molar refractivity (Wildman–Crippen MR) is 132 cm³/mol. The van der Waals surface area contributed by atoms with Crippen LogP contribution in [0.4, 0.5) is 0 Å². The molecule has 1 N–H and O–H groups in total. The number of benzene rings is 2. The molecule has 0 aromatic heterocycles. The van der Waals surface area contributed by atoms with E-state index in [1.54, 1.807) is 21.3 Å². The van der Waals surface area contributed by atoms with Gasteiger partial charge in [0.1, 0.15) is 11.5 Å². The molecule has 4 rings (SSSR count). The molecule has 178 valence electrons. The van der Waals surface area contributed by atoms with E-state index in [0.29, 0.717) is 5.75 Å². The van der Waals surface area contributed by atoms with Gasteiger partial charge in [0.15, 0.2) is 0 Å². The van der Waals surface area contributed by atoms with Crippen LogP contribution in [0.25, 0.3) is 0 Å². The molecule has 6 nitrogen and oxygen atoms in total. The molecule has 2 aliphatic rings. The molecule has 1 heterocycles. The van der Waals surface area contributed by atoms with Crippen molar-refractivity contribution < 1.29 is 19.0 Å². The van der Waals surface area contributed by atoms with Gasteiger partial charge in [0.25, 0.3) is 0 Å². The van der Waals surface area contributed by atoms with Crippen LogP contribution in [0, 0.1) is 0 Å². The van der Waals surface area contributed by atoms with E-state index in [4.69, 9.17) is 14.2 Å². The van der Waals surface area contributed by atoms with E-state index in [9.17, 15) is 4.79 Å². The number of carbonyl (C=O) groups is 1. The van der Waals surface area contributed by atoms with Crippen LogP contribution in [0.1, 0.15) is 35.6 Å². The Morgan fingerprint density at radius 3 is 2.36 bits per heavy atom. The van der Waals surface area contributed by atoms with Gasteiger partial charge in [-0.05, 0) is 61.0 Å². The van der Waals surface area contributed by atoms with Crippen LogP contribution in [-0.4, -0.2) is 63.3 Å². The van der Waals surface area contributed by atoms with Crippen LogP contribution in [0.5, 0.6) is 11.5 Å². The summed E-state index contributed by atoms with van der Waals surface area (Å²) in [5, 5.41) is 3.26. The normalized spacial score (nSPS) is 21.6. The summed E-state index contributed by atoms with van der Waals surface area (Å²) in [6, 6.07) is 14.5. The van der Waals surface area contributed by atoms with E-state index in [2.05, 4.69) is 46.6 Å². The van der Waals surface area contributed by atoms with E-state index in [1.807, 2.05) is 12.3 Å². The fourth-order valence-corrected chi connectivity index (χ4v) is 5.94. The highest BCUT2D eigenvalue weighted by Crippen LogP contribution is 2.52. The number of nitrogens with zero attached hydrogens (tertiary/aromatic N) is 1. The van der Waals surface area contributed by atoms with Crippen LogP contribution < -0.4 is 14.8 Å². The number of likely N-dealkylation sites (tertiary alicyclic amines) is 1. The maximum Gasteiger partial charge on any atom is 0.230 e. The second-order valence-corrected chi connectivity index (χ2v) is 9.74. The van der Waals surface area contributed by atoms with Gasteiger partial charge in [-0.3, -0.25) is 9.69 Å². The third-order valence-electron chi connectivity index (χ3n) is 7.09. The topological polar surface area (TPSA) is 60.0 Å². The lowest BCUT2D eigenvalue weighted by Crippen LogP contribution is -2.50. The zero-order valence-electron chi connectivity index (χ0n) is 19.9. The maximum absolute atomic E-state index is 12.5. The Hall–Kier alpha value is -2.22. The Labute approximate surface area is 201 Å². The molecule has 2 aromatic carbocycles. The van der Waals surface area contributed by atoms with Gasteiger partial charge in [-0.25, -0.2) is 0 Å². The van der Waals surface area contributed by atoms with Crippen molar-refractivity contribution in [1.82, 2.24) is 10.2 Å². The molecular weight excluding hydrogens is 436 g/mol. The fourth-order valence-electron chi connectivity index (χ4n) is 5.60. The van der Waals surface area contributed by atoms with E-state index in [-0.39, 0.29) is 23.5 Å². The Balaban J connectivity index is 1.53. The highest BCUT2D eigenvalue weighted by molar-refractivity contribution is 7.99. The van der Waals surface area contributed by atoms with Crippen LogP contribution in [0.15, 0.2) is 42.5 Å². The first-order valence-electron chi connectivity index (χ1n) is 11.4. The molecule has 1 saturated heterocycles. The summed E-state index contributed by atoms with van der Waals surface area (Å²) in [5.41, 5.74) is 3.61. The van der Waals surface area contributed by atoms with Crippen molar-refractivity contribution in [2.24, 2.45) is 0 Å². The lowest BCUT2D eigenvalue weighted by Gasteiger charge is -2.44. The molecule has 7 heteroatoms. The molecule has 0 radical (unpaired) electrons. The number of amides is 1. The lowest BCUT2D eigenvalue weighted by molar-refractivity contribution is -0.121. The Morgan fingerprint density at radius 1 is 1.09 bits per heavy atom. The monoisotopic (exact) mass is 470 g/mol. The summed E-state index contributed by atoms with van der Waals surface area (Å²) in [6.07, 6.45) is 3.85. The number of fused-ring (bicyclic) bond motifs is 2. The quantitative estimate of drug-likeness (QED) is 0.634. The molecule has 0 bridgehead atoms. The maximum atomic E-state index is 12.5. The second kappa shape index (κ2) is 10.4. The number of hydrogen-bond acceptors (Lipinski definition) is 6. The SMILES string of the molecule is COc1cc(CN2CCC3(CC2)c2ccccc2[C@H](NC(=O)CSC)[C@H]3OC)cc(OC)c1. The van der Waals surface area contributed by atoms with Gasteiger partial charge in [0.2, 0.25) is 5.91 Å². The summed E-state index contributed by atoms with van der Waals surface area (Å²) in [4.78, 5) is 15.0. The van der Waals surface area contributed by atoms with E-state index in [0.717, 1.165) is 44.0 Å². The summed E-state index contributed by atoms with van der Waals surface area (Å²) >= 11 is 1.54. The first-order chi connectivity index (χ1) is 16.0. The van der Waals surface area contributed by atoms with Crippen molar-refractivity contribution >= 4 is 17.7 Å². The number of thioether (sulfide) groups is 1. The minimum absolute atomic E-state index is 0.0609. The molecule has 1 spiro atoms. The third-order valence-corrected chi connectivity index (χ3v) is 7.64. The molecule has 1 fully saturated rings. The Kier molecular flexibility index (Phi) is 7.51. The third kappa shape index (κ3) is 4.72. The van der Waals surface area contributed by atoms with E-state index >= 15 is 0 Å². The van der Waals surface area contributed by atoms with E-state index in [1.165, 1.54) is 28.5 Å². The second-order valence-electron chi connectivity index (χ2n) is 8.87. The molecule has 1 aliphatic heterocycles. The average Bonchev–Trinajstić information content (AvgIpc) is 3.09. The molecule has 1 amide bonds. The number of ether oxygens (including phenoxy) is 3. The molecule has 33 heavy (non-hydrogen) atoms. The number of hydrogen-bond donors (Lipinski definition) is 1. The lowest BCUT2D eigenvalue weighted by atomic mass is 9.72. The minimum Gasteiger partial charge on any atom is -0.497 e. The van der Waals surface area contributed by atoms with Gasteiger partial charge >= 0.3 is 0 Å². The number of methoxy groups -OCH3 is 3. The smallest absolute Gasteiger partial charge is 0.230 e. The standard InChI is InChI=1S/C26H34N2O4S/c1-30-19-13-18(14-20(15-19)31-2)16-28-11-9-26(10-12-28)22-8-6-5-7-21(22)24(25(26)32-3)27-23(29)17-33-4/h5-8,13-15,24-25H,9-12,16-17H2,1-4H3,(H,27,29)/t24-,25+/m0/s1. The highest BCUT2D eigenvalue weighted by atomic mass is 32.2. The summed E-state index contributed by atoms with van der Waals surface area (Å²) in [7, 11) is 5.14. The Morgan fingerprint density at radius 2 is 1.76 bits per heavy atom. The molecular formula is C26H34N2O4S. The first kappa shape index (κ1) is 23.9. The number of nitrogens with one attached hydrogen (secondary N) is 1. The molecule has 0 saturated carbocycles. The largest absolute Gasteiger partial charge is 0.497 e. The number of piperidine rings is 1. The highest BCUT2D eigenvalue weighted by Gasteiger charge is 2.53. The van der Waals surface area contributed by atoms with Gasteiger partial charge in [0, 0.05) is 25.1 Å². The molecule has 2 atom stereocenters. The molecule has 2 aromatic rings.